The summed E-state index contributed by atoms with van der Waals surface area (Å²) in [6, 6.07) is 4.98. The van der Waals surface area contributed by atoms with Gasteiger partial charge in [-0.1, -0.05) is 11.6 Å². The van der Waals surface area contributed by atoms with E-state index in [1.54, 1.807) is 23.0 Å². The van der Waals surface area contributed by atoms with Crippen molar-refractivity contribution < 1.29 is 14.3 Å². The molecule has 0 saturated heterocycles. The summed E-state index contributed by atoms with van der Waals surface area (Å²) in [5, 5.41) is 7.37. The SMILES string of the molecule is CC(Cn1cccn1)NC(=O)c1cc(Cl)c2c(c1)OCO2. The number of aromatic nitrogens is 2. The number of ether oxygens (including phenoxy) is 2. The molecule has 1 aliphatic heterocycles. The van der Waals surface area contributed by atoms with E-state index in [4.69, 9.17) is 21.1 Å². The Bertz CT molecular complexity index is 658. The number of nitrogens with zero attached hydrogens (tertiary/aromatic N) is 2. The van der Waals surface area contributed by atoms with Crippen LogP contribution in [-0.4, -0.2) is 28.5 Å². The minimum absolute atomic E-state index is 0.0680. The van der Waals surface area contributed by atoms with E-state index in [2.05, 4.69) is 10.4 Å². The van der Waals surface area contributed by atoms with Gasteiger partial charge < -0.3 is 14.8 Å². The van der Waals surface area contributed by atoms with E-state index in [0.29, 0.717) is 28.6 Å². The van der Waals surface area contributed by atoms with Gasteiger partial charge in [0.1, 0.15) is 0 Å². The number of halogens is 1. The molecule has 0 bridgehead atoms. The summed E-state index contributed by atoms with van der Waals surface area (Å²) < 4.78 is 12.2. The van der Waals surface area contributed by atoms with E-state index in [1.807, 2.05) is 19.2 Å². The van der Waals surface area contributed by atoms with Crippen LogP contribution in [0.2, 0.25) is 5.02 Å². The number of hydrogen-bond donors (Lipinski definition) is 1. The van der Waals surface area contributed by atoms with Crippen LogP contribution in [0.3, 0.4) is 0 Å². The Morgan fingerprint density at radius 1 is 1.52 bits per heavy atom. The summed E-state index contributed by atoms with van der Waals surface area (Å²) in [5.41, 5.74) is 0.441. The van der Waals surface area contributed by atoms with Crippen molar-refractivity contribution in [1.82, 2.24) is 15.1 Å². The van der Waals surface area contributed by atoms with Crippen molar-refractivity contribution in [3.05, 3.63) is 41.2 Å². The molecule has 2 aromatic rings. The number of nitrogens with one attached hydrogen (secondary N) is 1. The Hall–Kier alpha value is -2.21. The predicted molar refractivity (Wildman–Crippen MR) is 76.7 cm³/mol. The first-order valence-corrected chi connectivity index (χ1v) is 6.88. The Labute approximate surface area is 126 Å². The molecule has 0 saturated carbocycles. The van der Waals surface area contributed by atoms with Gasteiger partial charge in [0.25, 0.3) is 5.91 Å². The van der Waals surface area contributed by atoms with E-state index in [0.717, 1.165) is 0 Å². The van der Waals surface area contributed by atoms with Crippen LogP contribution < -0.4 is 14.8 Å². The Balaban J connectivity index is 1.69. The summed E-state index contributed by atoms with van der Waals surface area (Å²) in [7, 11) is 0. The van der Waals surface area contributed by atoms with Gasteiger partial charge in [-0.05, 0) is 25.1 Å². The lowest BCUT2D eigenvalue weighted by Gasteiger charge is -2.14. The molecule has 2 heterocycles. The Morgan fingerprint density at radius 2 is 2.38 bits per heavy atom. The third-order valence-electron chi connectivity index (χ3n) is 3.09. The molecule has 110 valence electrons. The first kappa shape index (κ1) is 13.8. The van der Waals surface area contributed by atoms with Gasteiger partial charge in [0.05, 0.1) is 11.6 Å². The number of amides is 1. The summed E-state index contributed by atoms with van der Waals surface area (Å²) in [5.74, 6) is 0.764. The van der Waals surface area contributed by atoms with Crippen molar-refractivity contribution in [1.29, 1.82) is 0 Å². The largest absolute Gasteiger partial charge is 0.454 e. The second-order valence-corrected chi connectivity index (χ2v) is 5.20. The molecule has 21 heavy (non-hydrogen) atoms. The van der Waals surface area contributed by atoms with Gasteiger partial charge in [0.15, 0.2) is 11.5 Å². The molecule has 1 atom stereocenters. The van der Waals surface area contributed by atoms with Crippen molar-refractivity contribution in [2.45, 2.75) is 19.5 Å². The molecule has 0 aliphatic carbocycles. The molecule has 0 fully saturated rings. The molecule has 1 aliphatic rings. The zero-order valence-electron chi connectivity index (χ0n) is 11.4. The van der Waals surface area contributed by atoms with Crippen LogP contribution in [0.15, 0.2) is 30.6 Å². The van der Waals surface area contributed by atoms with Crippen LogP contribution >= 0.6 is 11.6 Å². The maximum absolute atomic E-state index is 12.2. The Kier molecular flexibility index (Phi) is 3.70. The van der Waals surface area contributed by atoms with Crippen LogP contribution in [0.1, 0.15) is 17.3 Å². The molecule has 7 heteroatoms. The van der Waals surface area contributed by atoms with E-state index in [1.165, 1.54) is 0 Å². The maximum atomic E-state index is 12.2. The standard InChI is InChI=1S/C14H14ClN3O3/c1-9(7-18-4-2-3-16-18)17-14(19)10-5-11(15)13-12(6-10)20-8-21-13/h2-6,9H,7-8H2,1H3,(H,17,19). The molecule has 1 amide bonds. The highest BCUT2D eigenvalue weighted by molar-refractivity contribution is 6.32. The van der Waals surface area contributed by atoms with Gasteiger partial charge >= 0.3 is 0 Å². The smallest absolute Gasteiger partial charge is 0.251 e. The molecule has 1 aromatic carbocycles. The highest BCUT2D eigenvalue weighted by atomic mass is 35.5. The fourth-order valence-corrected chi connectivity index (χ4v) is 2.41. The Morgan fingerprint density at radius 3 is 3.14 bits per heavy atom. The third kappa shape index (κ3) is 2.95. The van der Waals surface area contributed by atoms with Crippen LogP contribution in [0.25, 0.3) is 0 Å². The fraction of sp³-hybridized carbons (Fsp3) is 0.286. The first-order chi connectivity index (χ1) is 10.1. The molecule has 1 aromatic heterocycles. The number of hydrogen-bond acceptors (Lipinski definition) is 4. The van der Waals surface area contributed by atoms with Gasteiger partial charge in [-0.2, -0.15) is 5.10 Å². The predicted octanol–water partition coefficient (Wildman–Crippen LogP) is 2.08. The normalized spacial score (nSPS) is 14.0. The molecule has 6 nitrogen and oxygen atoms in total. The van der Waals surface area contributed by atoms with Gasteiger partial charge in [0, 0.05) is 24.0 Å². The van der Waals surface area contributed by atoms with E-state index >= 15 is 0 Å². The van der Waals surface area contributed by atoms with Crippen LogP contribution in [0.4, 0.5) is 0 Å². The quantitative estimate of drug-likeness (QED) is 0.939. The van der Waals surface area contributed by atoms with Gasteiger partial charge in [-0.3, -0.25) is 9.48 Å². The highest BCUT2D eigenvalue weighted by Crippen LogP contribution is 2.39. The van der Waals surface area contributed by atoms with E-state index < -0.39 is 0 Å². The minimum atomic E-state index is -0.213. The van der Waals surface area contributed by atoms with Crippen molar-refractivity contribution in [3.8, 4) is 11.5 Å². The summed E-state index contributed by atoms with van der Waals surface area (Å²) >= 11 is 6.07. The second-order valence-electron chi connectivity index (χ2n) is 4.79. The second kappa shape index (κ2) is 5.65. The van der Waals surface area contributed by atoms with Crippen molar-refractivity contribution in [2.75, 3.05) is 6.79 Å². The summed E-state index contributed by atoms with van der Waals surface area (Å²) in [6.07, 6.45) is 3.55. The minimum Gasteiger partial charge on any atom is -0.454 e. The average Bonchev–Trinajstić information content (AvgIpc) is 3.09. The summed E-state index contributed by atoms with van der Waals surface area (Å²) in [6.45, 7) is 2.63. The van der Waals surface area contributed by atoms with Crippen molar-refractivity contribution in [2.24, 2.45) is 0 Å². The van der Waals surface area contributed by atoms with E-state index in [-0.39, 0.29) is 18.7 Å². The monoisotopic (exact) mass is 307 g/mol. The number of fused-ring (bicyclic) bond motifs is 1. The molecular formula is C14H14ClN3O3. The maximum Gasteiger partial charge on any atom is 0.251 e. The van der Waals surface area contributed by atoms with Crippen molar-refractivity contribution >= 4 is 17.5 Å². The lowest BCUT2D eigenvalue weighted by atomic mass is 10.1. The zero-order chi connectivity index (χ0) is 14.8. The third-order valence-corrected chi connectivity index (χ3v) is 3.37. The van der Waals surface area contributed by atoms with Crippen LogP contribution in [0, 0.1) is 0 Å². The molecule has 0 radical (unpaired) electrons. The molecule has 1 unspecified atom stereocenters. The van der Waals surface area contributed by atoms with Crippen LogP contribution in [0.5, 0.6) is 11.5 Å². The number of rotatable bonds is 4. The number of benzene rings is 1. The average molecular weight is 308 g/mol. The van der Waals surface area contributed by atoms with Gasteiger partial charge in [-0.15, -0.1) is 0 Å². The molecule has 3 rings (SSSR count). The van der Waals surface area contributed by atoms with Crippen LogP contribution in [-0.2, 0) is 6.54 Å². The van der Waals surface area contributed by atoms with Gasteiger partial charge in [0.2, 0.25) is 6.79 Å². The van der Waals surface area contributed by atoms with E-state index in [9.17, 15) is 4.79 Å². The topological polar surface area (TPSA) is 65.4 Å². The fourth-order valence-electron chi connectivity index (χ4n) is 2.14. The van der Waals surface area contributed by atoms with Gasteiger partial charge in [-0.25, -0.2) is 0 Å². The summed E-state index contributed by atoms with van der Waals surface area (Å²) in [4.78, 5) is 12.2. The molecule has 1 N–H and O–H groups in total. The zero-order valence-corrected chi connectivity index (χ0v) is 12.1. The first-order valence-electron chi connectivity index (χ1n) is 6.51. The number of carbonyl (C=O) groups is 1. The lowest BCUT2D eigenvalue weighted by Crippen LogP contribution is -2.35. The highest BCUT2D eigenvalue weighted by Gasteiger charge is 2.21. The number of carbonyl (C=O) groups excluding carboxylic acids is 1. The van der Waals surface area contributed by atoms with Crippen molar-refractivity contribution in [3.63, 3.8) is 0 Å². The molecular weight excluding hydrogens is 294 g/mol. The lowest BCUT2D eigenvalue weighted by molar-refractivity contribution is 0.0935. The molecule has 0 spiro atoms.